The zero-order chi connectivity index (χ0) is 27.2. The Bertz CT molecular complexity index is 1420. The van der Waals surface area contributed by atoms with Gasteiger partial charge in [-0.3, -0.25) is 4.98 Å². The van der Waals surface area contributed by atoms with E-state index in [2.05, 4.69) is 9.71 Å². The molecule has 0 aliphatic heterocycles. The normalized spacial score (nSPS) is 15.9. The van der Waals surface area contributed by atoms with Crippen molar-refractivity contribution in [1.82, 2.24) is 9.71 Å². The Kier molecular flexibility index (Phi) is 7.69. The molecule has 0 aliphatic rings. The van der Waals surface area contributed by atoms with Gasteiger partial charge in [-0.25, -0.2) is 0 Å². The summed E-state index contributed by atoms with van der Waals surface area (Å²) >= 11 is 6.54. The van der Waals surface area contributed by atoms with Gasteiger partial charge >= 0.3 is 6.18 Å². The van der Waals surface area contributed by atoms with Crippen LogP contribution in [0.2, 0.25) is 5.02 Å². The molecule has 2 aromatic heterocycles. The van der Waals surface area contributed by atoms with E-state index in [1.165, 1.54) is 23.6 Å². The lowest BCUT2D eigenvalue weighted by Crippen LogP contribution is -2.41. The fraction of sp³-hybridized carbons (Fsp3) is 0.296. The summed E-state index contributed by atoms with van der Waals surface area (Å²) in [5.74, 6) is 0. The first-order valence-electron chi connectivity index (χ1n) is 11.4. The number of halogens is 4. The van der Waals surface area contributed by atoms with Crippen LogP contribution < -0.4 is 4.72 Å². The van der Waals surface area contributed by atoms with E-state index in [1.54, 1.807) is 18.2 Å². The first-order chi connectivity index (χ1) is 17.2. The first-order valence-corrected chi connectivity index (χ1v) is 13.8. The van der Waals surface area contributed by atoms with Gasteiger partial charge in [-0.15, -0.1) is 16.1 Å². The fourth-order valence-electron chi connectivity index (χ4n) is 3.74. The van der Waals surface area contributed by atoms with Crippen LogP contribution in [0.5, 0.6) is 0 Å². The Morgan fingerprint density at radius 2 is 1.73 bits per heavy atom. The Labute approximate surface area is 225 Å². The smallest absolute Gasteiger partial charge is 0.421 e. The van der Waals surface area contributed by atoms with E-state index >= 15 is 0 Å². The third-order valence-corrected chi connectivity index (χ3v) is 9.15. The molecule has 0 aliphatic carbocycles. The van der Waals surface area contributed by atoms with Crippen molar-refractivity contribution in [3.05, 3.63) is 87.9 Å². The number of benzene rings is 2. The summed E-state index contributed by atoms with van der Waals surface area (Å²) in [6.07, 6.45) is -3.58. The highest BCUT2D eigenvalue weighted by Crippen LogP contribution is 2.42. The van der Waals surface area contributed by atoms with Crippen molar-refractivity contribution in [1.29, 1.82) is 0 Å². The highest BCUT2D eigenvalue weighted by atomic mass is 35.5. The van der Waals surface area contributed by atoms with Crippen molar-refractivity contribution in [2.75, 3.05) is 0 Å². The van der Waals surface area contributed by atoms with E-state index in [1.807, 2.05) is 51.1 Å². The lowest BCUT2D eigenvalue weighted by molar-refractivity contribution is -0.258. The Morgan fingerprint density at radius 1 is 1.03 bits per heavy atom. The highest BCUT2D eigenvalue weighted by Gasteiger charge is 2.51. The van der Waals surface area contributed by atoms with Gasteiger partial charge in [0.2, 0.25) is 0 Å². The van der Waals surface area contributed by atoms with Gasteiger partial charge in [0.15, 0.2) is 5.60 Å². The molecule has 196 valence electrons. The molecular weight excluding hydrogens is 541 g/mol. The van der Waals surface area contributed by atoms with Gasteiger partial charge in [0, 0.05) is 37.7 Å². The second-order valence-electron chi connectivity index (χ2n) is 9.83. The van der Waals surface area contributed by atoms with Crippen molar-refractivity contribution < 1.29 is 22.8 Å². The molecule has 0 fully saturated rings. The molecule has 4 aromatic rings. The molecule has 37 heavy (non-hydrogen) atoms. The standard InChI is InChI=1S/C27H26ClF3N2O2S2/c1-25(2,3)37(35)33-23(18-9-5-6-11-20(18)28)22-14-16-8-7-10-19(24(16)36-22)21-15-17(12-13-32-21)26(4,34)27(29,30)31/h5-15,23,33-34H,1-4H3/t23?,26-,37?/m0/s1. The Morgan fingerprint density at radius 3 is 2.38 bits per heavy atom. The summed E-state index contributed by atoms with van der Waals surface area (Å²) in [6, 6.07) is 16.7. The average molecular weight is 567 g/mol. The molecule has 0 radical (unpaired) electrons. The number of hydrogen-bond acceptors (Lipinski definition) is 5. The van der Waals surface area contributed by atoms with E-state index in [0.717, 1.165) is 33.5 Å². The molecule has 4 nitrogen and oxygen atoms in total. The minimum Gasteiger partial charge on any atom is -0.598 e. The molecule has 2 heterocycles. The Hall–Kier alpha value is -2.14. The van der Waals surface area contributed by atoms with Crippen LogP contribution in [0.25, 0.3) is 21.3 Å². The molecule has 0 saturated carbocycles. The topological polar surface area (TPSA) is 68.2 Å². The molecule has 2 N–H and O–H groups in total. The number of pyridine rings is 1. The number of hydrogen-bond donors (Lipinski definition) is 2. The van der Waals surface area contributed by atoms with Gasteiger partial charge < -0.3 is 9.66 Å². The van der Waals surface area contributed by atoms with Gasteiger partial charge in [0.05, 0.1) is 5.69 Å². The number of alkyl halides is 3. The maximum absolute atomic E-state index is 13.5. The van der Waals surface area contributed by atoms with Crippen LogP contribution in [0, 0.1) is 0 Å². The van der Waals surface area contributed by atoms with Crippen molar-refractivity contribution in [3.8, 4) is 11.3 Å². The van der Waals surface area contributed by atoms with E-state index < -0.39 is 33.9 Å². The van der Waals surface area contributed by atoms with Crippen LogP contribution in [0.3, 0.4) is 0 Å². The second kappa shape index (κ2) is 10.2. The predicted molar refractivity (Wildman–Crippen MR) is 145 cm³/mol. The lowest BCUT2D eigenvalue weighted by atomic mass is 9.94. The monoisotopic (exact) mass is 566 g/mol. The molecule has 4 rings (SSSR count). The third kappa shape index (κ3) is 5.67. The quantitative estimate of drug-likeness (QED) is 0.237. The highest BCUT2D eigenvalue weighted by molar-refractivity contribution is 7.90. The second-order valence-corrected chi connectivity index (χ2v) is 13.3. The van der Waals surface area contributed by atoms with Crippen LogP contribution in [0.1, 0.15) is 49.7 Å². The summed E-state index contributed by atoms with van der Waals surface area (Å²) in [5, 5.41) is 11.6. The van der Waals surface area contributed by atoms with Crippen molar-refractivity contribution >= 4 is 44.4 Å². The van der Waals surface area contributed by atoms with E-state index in [-0.39, 0.29) is 5.56 Å². The van der Waals surface area contributed by atoms with Gasteiger partial charge in [-0.2, -0.15) is 13.2 Å². The fourth-order valence-corrected chi connectivity index (χ4v) is 6.13. The van der Waals surface area contributed by atoms with Crippen LogP contribution in [-0.2, 0) is 17.0 Å². The molecule has 2 unspecified atom stereocenters. The first kappa shape index (κ1) is 27.9. The third-order valence-electron chi connectivity index (χ3n) is 5.99. The molecule has 2 aromatic carbocycles. The predicted octanol–water partition coefficient (Wildman–Crippen LogP) is 7.53. The van der Waals surface area contributed by atoms with Gasteiger partial charge in [0.25, 0.3) is 0 Å². The summed E-state index contributed by atoms with van der Waals surface area (Å²) < 4.78 is 57.0. The maximum Gasteiger partial charge on any atom is 0.421 e. The van der Waals surface area contributed by atoms with Crippen LogP contribution in [-0.4, -0.2) is 25.6 Å². The zero-order valence-corrected chi connectivity index (χ0v) is 22.9. The molecule has 0 spiro atoms. The number of rotatable bonds is 6. The lowest BCUT2D eigenvalue weighted by Gasteiger charge is -2.28. The summed E-state index contributed by atoms with van der Waals surface area (Å²) in [6.45, 7) is 6.34. The van der Waals surface area contributed by atoms with E-state index in [0.29, 0.717) is 16.3 Å². The maximum atomic E-state index is 13.5. The van der Waals surface area contributed by atoms with Crippen molar-refractivity contribution in [2.24, 2.45) is 0 Å². The molecule has 3 atom stereocenters. The molecule has 0 saturated heterocycles. The minimum atomic E-state index is -4.84. The van der Waals surface area contributed by atoms with Crippen LogP contribution in [0.4, 0.5) is 13.2 Å². The Balaban J connectivity index is 1.84. The number of aliphatic hydroxyl groups is 1. The summed E-state index contributed by atoms with van der Waals surface area (Å²) in [7, 11) is 0. The minimum absolute atomic E-state index is 0.296. The number of fused-ring (bicyclic) bond motifs is 1. The molecule has 0 bridgehead atoms. The van der Waals surface area contributed by atoms with Gasteiger partial charge in [-0.1, -0.05) is 48.0 Å². The molecule has 0 amide bonds. The van der Waals surface area contributed by atoms with Gasteiger partial charge in [-0.05, 0) is 68.5 Å². The number of aromatic nitrogens is 1. The molecule has 10 heteroatoms. The van der Waals surface area contributed by atoms with Crippen LogP contribution in [0.15, 0.2) is 66.9 Å². The van der Waals surface area contributed by atoms with Crippen molar-refractivity contribution in [2.45, 2.75) is 50.3 Å². The number of nitrogens with zero attached hydrogens (tertiary/aromatic N) is 1. The SMILES string of the molecule is CC(C)(C)[S+]([O-])NC(c1cc2cccc(-c3cc([C@](C)(O)C(F)(F)F)ccn3)c2s1)c1ccccc1Cl. The number of thiophene rings is 1. The number of nitrogens with one attached hydrogen (secondary N) is 1. The largest absolute Gasteiger partial charge is 0.598 e. The summed E-state index contributed by atoms with van der Waals surface area (Å²) in [4.78, 5) is 5.14. The van der Waals surface area contributed by atoms with Gasteiger partial charge in [0.1, 0.15) is 10.8 Å². The molecular formula is C27H26ClF3N2O2S2. The van der Waals surface area contributed by atoms with Crippen LogP contribution >= 0.6 is 22.9 Å². The summed E-state index contributed by atoms with van der Waals surface area (Å²) in [5.41, 5.74) is -1.62. The van der Waals surface area contributed by atoms with E-state index in [4.69, 9.17) is 11.6 Å². The zero-order valence-electron chi connectivity index (χ0n) is 20.6. The van der Waals surface area contributed by atoms with Crippen molar-refractivity contribution in [3.63, 3.8) is 0 Å². The van der Waals surface area contributed by atoms with E-state index in [9.17, 15) is 22.8 Å². The average Bonchev–Trinajstić information content (AvgIpc) is 3.26.